The van der Waals surface area contributed by atoms with Crippen LogP contribution in [0.4, 0.5) is 4.79 Å². The molecule has 3 amide bonds. The number of esters is 1. The molecule has 2 heterocycles. The van der Waals surface area contributed by atoms with Crippen LogP contribution in [0.2, 0.25) is 0 Å². The first-order valence-electron chi connectivity index (χ1n) is 15.0. The second-order valence-corrected chi connectivity index (χ2v) is 12.1. The first kappa shape index (κ1) is 32.5. The summed E-state index contributed by atoms with van der Waals surface area (Å²) in [6.45, 7) is 14.6. The van der Waals surface area contributed by atoms with Gasteiger partial charge in [0.2, 0.25) is 17.7 Å². The van der Waals surface area contributed by atoms with E-state index in [4.69, 9.17) is 14.2 Å². The van der Waals surface area contributed by atoms with Crippen molar-refractivity contribution >= 4 is 34.6 Å². The molecule has 44 heavy (non-hydrogen) atoms. The number of aromatic nitrogens is 1. The minimum atomic E-state index is -1.24. The summed E-state index contributed by atoms with van der Waals surface area (Å²) in [5.74, 6) is -1.45. The Morgan fingerprint density at radius 2 is 1.93 bits per heavy atom. The summed E-state index contributed by atoms with van der Waals surface area (Å²) in [5.41, 5.74) is -2.01. The van der Waals surface area contributed by atoms with E-state index in [2.05, 4.69) is 28.8 Å². The summed E-state index contributed by atoms with van der Waals surface area (Å²) in [5, 5.41) is 7.27. The number of hydrogen-bond donors (Lipinski definition) is 2. The maximum absolute atomic E-state index is 14.1. The number of ether oxygens (including phenoxy) is 3. The number of pyridine rings is 1. The van der Waals surface area contributed by atoms with Crippen molar-refractivity contribution in [2.24, 2.45) is 5.92 Å². The zero-order chi connectivity index (χ0) is 32.1. The Morgan fingerprint density at radius 1 is 1.18 bits per heavy atom. The molecule has 1 aliphatic carbocycles. The van der Waals surface area contributed by atoms with Crippen LogP contribution in [-0.2, 0) is 23.9 Å². The van der Waals surface area contributed by atoms with E-state index >= 15 is 0 Å². The highest BCUT2D eigenvalue weighted by molar-refractivity contribution is 5.96. The van der Waals surface area contributed by atoms with Gasteiger partial charge < -0.3 is 29.7 Å². The van der Waals surface area contributed by atoms with Gasteiger partial charge >= 0.3 is 12.1 Å². The maximum atomic E-state index is 14.1. The number of benzene rings is 1. The molecule has 1 aliphatic heterocycles. The third kappa shape index (κ3) is 7.38. The van der Waals surface area contributed by atoms with Gasteiger partial charge in [0.05, 0.1) is 13.2 Å². The third-order valence-electron chi connectivity index (χ3n) is 7.70. The van der Waals surface area contributed by atoms with E-state index in [-0.39, 0.29) is 31.9 Å². The van der Waals surface area contributed by atoms with Crippen LogP contribution in [0.1, 0.15) is 53.4 Å². The van der Waals surface area contributed by atoms with E-state index in [1.165, 1.54) is 4.90 Å². The molecule has 11 nitrogen and oxygen atoms in total. The lowest BCUT2D eigenvalue weighted by atomic mass is 10.1. The van der Waals surface area contributed by atoms with E-state index in [9.17, 15) is 19.2 Å². The van der Waals surface area contributed by atoms with Crippen LogP contribution in [0.5, 0.6) is 5.88 Å². The van der Waals surface area contributed by atoms with Gasteiger partial charge in [-0.3, -0.25) is 9.59 Å². The van der Waals surface area contributed by atoms with Gasteiger partial charge in [-0.15, -0.1) is 13.2 Å². The number of nitrogens with one attached hydrogen (secondary N) is 2. The fraction of sp³-hybridized carbons (Fsp3) is 0.485. The van der Waals surface area contributed by atoms with E-state index in [1.807, 2.05) is 30.3 Å². The molecule has 2 fully saturated rings. The summed E-state index contributed by atoms with van der Waals surface area (Å²) in [6, 6.07) is 7.51. The van der Waals surface area contributed by atoms with Crippen molar-refractivity contribution in [2.45, 2.75) is 82.7 Å². The number of alkyl carbamates (subject to hydrolysis) is 1. The second kappa shape index (κ2) is 13.5. The maximum Gasteiger partial charge on any atom is 0.408 e. The number of allylic oxidation sites excluding steroid dienone is 1. The zero-order valence-electron chi connectivity index (χ0n) is 25.8. The fourth-order valence-electron chi connectivity index (χ4n) is 5.48. The van der Waals surface area contributed by atoms with Crippen LogP contribution in [0.25, 0.3) is 10.8 Å². The summed E-state index contributed by atoms with van der Waals surface area (Å²) >= 11 is 0. The Balaban J connectivity index is 1.62. The minimum absolute atomic E-state index is 0.0553. The largest absolute Gasteiger partial charge is 0.472 e. The fourth-order valence-corrected chi connectivity index (χ4v) is 5.48. The Bertz CT molecular complexity index is 1420. The molecule has 1 aromatic heterocycles. The Morgan fingerprint density at radius 3 is 2.59 bits per heavy atom. The molecule has 1 saturated carbocycles. The number of amides is 3. The molecule has 11 heteroatoms. The van der Waals surface area contributed by atoms with Crippen LogP contribution in [-0.4, -0.2) is 76.2 Å². The number of nitrogens with zero attached hydrogens (tertiary/aromatic N) is 2. The summed E-state index contributed by atoms with van der Waals surface area (Å²) in [7, 11) is 0. The van der Waals surface area contributed by atoms with E-state index in [0.717, 1.165) is 10.8 Å². The number of rotatable bonds is 12. The number of carbonyl (C=O) groups excluding carboxylic acids is 4. The molecule has 2 aliphatic rings. The predicted molar refractivity (Wildman–Crippen MR) is 165 cm³/mol. The van der Waals surface area contributed by atoms with Crippen LogP contribution in [0.3, 0.4) is 0 Å². The molecule has 0 spiro atoms. The Kier molecular flexibility index (Phi) is 9.96. The van der Waals surface area contributed by atoms with E-state index in [1.54, 1.807) is 46.0 Å². The van der Waals surface area contributed by atoms with Crippen molar-refractivity contribution in [1.29, 1.82) is 0 Å². The Labute approximate surface area is 258 Å². The molecule has 2 aromatic rings. The van der Waals surface area contributed by atoms with E-state index < -0.39 is 53.2 Å². The SMILES string of the molecule is C=CCC[C@H](NC(=O)OC(C)(C)C)C(=O)N1CC(Oc2nccc3ccccc23)C[C@H]1C(=O)N[C@]1(C(=O)OCC)C[C@H]1C=C. The number of hydrogen-bond acceptors (Lipinski definition) is 8. The molecule has 5 atom stereocenters. The lowest BCUT2D eigenvalue weighted by Crippen LogP contribution is -2.56. The highest BCUT2D eigenvalue weighted by Crippen LogP contribution is 2.45. The first-order valence-corrected chi connectivity index (χ1v) is 15.0. The zero-order valence-corrected chi connectivity index (χ0v) is 25.8. The molecule has 2 N–H and O–H groups in total. The molecule has 236 valence electrons. The van der Waals surface area contributed by atoms with Crippen LogP contribution in [0.15, 0.2) is 61.8 Å². The van der Waals surface area contributed by atoms with Gasteiger partial charge in [0.15, 0.2) is 0 Å². The number of likely N-dealkylation sites (tertiary alicyclic amines) is 1. The van der Waals surface area contributed by atoms with Crippen molar-refractivity contribution < 1.29 is 33.4 Å². The quantitative estimate of drug-likeness (QED) is 0.273. The topological polar surface area (TPSA) is 136 Å². The number of fused-ring (bicyclic) bond motifs is 1. The highest BCUT2D eigenvalue weighted by Gasteiger charge is 2.62. The van der Waals surface area contributed by atoms with Gasteiger partial charge in [0.25, 0.3) is 0 Å². The van der Waals surface area contributed by atoms with Gasteiger partial charge in [-0.25, -0.2) is 14.6 Å². The molecule has 1 saturated heterocycles. The van der Waals surface area contributed by atoms with Crippen molar-refractivity contribution in [3.8, 4) is 5.88 Å². The average Bonchev–Trinajstić information content (AvgIpc) is 3.53. The van der Waals surface area contributed by atoms with Gasteiger partial charge in [-0.05, 0) is 64.5 Å². The van der Waals surface area contributed by atoms with Gasteiger partial charge in [0, 0.05) is 23.9 Å². The van der Waals surface area contributed by atoms with Gasteiger partial charge in [-0.1, -0.05) is 30.4 Å². The van der Waals surface area contributed by atoms with Gasteiger partial charge in [-0.2, -0.15) is 0 Å². The third-order valence-corrected chi connectivity index (χ3v) is 7.70. The molecule has 4 rings (SSSR count). The normalized spacial score (nSPS) is 23.3. The average molecular weight is 607 g/mol. The molecule has 0 radical (unpaired) electrons. The lowest BCUT2D eigenvalue weighted by molar-refractivity contribution is -0.150. The standard InChI is InChI=1S/C33H42N4O7/c1-7-10-15-25(35-31(41)44-32(4,5)6)29(39)37-20-23(43-28-24-14-12-11-13-21(24)16-17-34-28)18-26(37)27(38)36-33(19-22(33)8-2)30(40)42-9-3/h7-8,11-14,16-17,22-23,25-26H,1-2,9-10,15,18-20H2,3-6H3,(H,35,41)(H,36,38)/t22-,23?,25+,26+,33-/m1/s1. The van der Waals surface area contributed by atoms with E-state index in [0.29, 0.717) is 18.7 Å². The first-order chi connectivity index (χ1) is 20.9. The lowest BCUT2D eigenvalue weighted by Gasteiger charge is -2.30. The molecular weight excluding hydrogens is 564 g/mol. The molecule has 1 unspecified atom stereocenters. The smallest absolute Gasteiger partial charge is 0.408 e. The van der Waals surface area contributed by atoms with Crippen molar-refractivity contribution in [1.82, 2.24) is 20.5 Å². The van der Waals surface area contributed by atoms with Crippen LogP contribution in [0, 0.1) is 5.92 Å². The van der Waals surface area contributed by atoms with Crippen molar-refractivity contribution in [3.63, 3.8) is 0 Å². The van der Waals surface area contributed by atoms with Crippen molar-refractivity contribution in [3.05, 3.63) is 61.8 Å². The van der Waals surface area contributed by atoms with Crippen LogP contribution < -0.4 is 15.4 Å². The molecule has 0 bridgehead atoms. The molecule has 1 aromatic carbocycles. The highest BCUT2D eigenvalue weighted by atomic mass is 16.6. The Hall–Kier alpha value is -4.41. The summed E-state index contributed by atoms with van der Waals surface area (Å²) in [4.78, 5) is 59.4. The summed E-state index contributed by atoms with van der Waals surface area (Å²) < 4.78 is 17.0. The number of carbonyl (C=O) groups is 4. The van der Waals surface area contributed by atoms with Crippen molar-refractivity contribution in [2.75, 3.05) is 13.2 Å². The predicted octanol–water partition coefficient (Wildman–Crippen LogP) is 4.07. The second-order valence-electron chi connectivity index (χ2n) is 12.1. The van der Waals surface area contributed by atoms with Crippen LogP contribution >= 0.6 is 0 Å². The van der Waals surface area contributed by atoms with Gasteiger partial charge in [0.1, 0.15) is 29.3 Å². The summed E-state index contributed by atoms with van der Waals surface area (Å²) in [6.07, 6.45) is 4.73. The minimum Gasteiger partial charge on any atom is -0.472 e. The monoisotopic (exact) mass is 606 g/mol. The molecular formula is C33H42N4O7.